The SMILES string of the molecule is C=C.C=C.C=C.C=C(C)C.CC(C)(C)CCOS(=O)(=O)O.CCOS(=O)(=O)O.CCOS(=O)(=O)O.CCOS(=O)(=O)OCCC(C)(C)C.CCOS(=O)(=O)OCCC(C)(C)C.O=S(=O)(O)O. The molecule has 0 rings (SSSR count). The summed E-state index contributed by atoms with van der Waals surface area (Å²) in [5, 5.41) is 0. The van der Waals surface area contributed by atoms with Crippen LogP contribution in [-0.2, 0) is 91.7 Å². The molecular weight excluding hydrogens is 1010 g/mol. The summed E-state index contributed by atoms with van der Waals surface area (Å²) in [6.45, 7) is 50.2. The smallest absolute Gasteiger partial charge is 0.264 e. The van der Waals surface area contributed by atoms with Crippen LogP contribution in [-0.4, -0.2) is 120 Å². The van der Waals surface area contributed by atoms with Crippen molar-refractivity contribution < 1.29 is 103 Å². The van der Waals surface area contributed by atoms with Crippen LogP contribution in [0.25, 0.3) is 0 Å². The van der Waals surface area contributed by atoms with Crippen LogP contribution in [0.2, 0.25) is 0 Å². The monoisotopic (exact) mass is 1090 g/mol. The molecule has 0 aromatic heterocycles. The van der Waals surface area contributed by atoms with Crippen LogP contribution >= 0.6 is 0 Å². The molecule has 0 aliphatic carbocycles. The lowest BCUT2D eigenvalue weighted by atomic mass is 9.93. The molecule has 0 aromatic carbocycles. The Balaban J connectivity index is -0.0000000699. The first kappa shape index (κ1) is 87.3. The van der Waals surface area contributed by atoms with Crippen LogP contribution in [0, 0.1) is 16.2 Å². The highest BCUT2D eigenvalue weighted by atomic mass is 32.3. The zero-order chi connectivity index (χ0) is 56.1. The van der Waals surface area contributed by atoms with Gasteiger partial charge in [-0.15, -0.1) is 46.1 Å². The average Bonchev–Trinajstić information content (AvgIpc) is 3.04. The Morgan fingerprint density at radius 3 is 0.636 bits per heavy atom. The Kier molecular flexibility index (Phi) is 62.0. The summed E-state index contributed by atoms with van der Waals surface area (Å²) >= 11 is 0. The Morgan fingerprint density at radius 1 is 0.379 bits per heavy atom. The standard InChI is InChI=1S/2C8H18O4S.C6H14O4S.C4H8.2C2H6O4S.3C2H4.H2O4S/c2*1-5-11-13(9,10)12-7-6-8(2,3)4;1-6(2,3)4-5-10-11(7,8)9;1-4(2)3;2*1-2-6-7(3,4)5;3*1-2;1-5(2,3)4/h2*5-7H2,1-4H3;4-5H2,1-3H3,(H,7,8,9);1H2,2-3H3;2*2H2,1H3,(H,3,4,5);3*1-2H2;(H2,1,2,3,4). The summed E-state index contributed by atoms with van der Waals surface area (Å²) in [6.07, 6.45) is 1.95. The largest absolute Gasteiger partial charge is 0.399 e. The van der Waals surface area contributed by atoms with Crippen molar-refractivity contribution in [3.8, 4) is 0 Å². The molecule has 408 valence electrons. The molecule has 0 atom stereocenters. The second-order valence-electron chi connectivity index (χ2n) is 14.8. The van der Waals surface area contributed by atoms with Crippen molar-refractivity contribution in [2.45, 2.75) is 123 Å². The van der Waals surface area contributed by atoms with E-state index in [0.717, 1.165) is 0 Å². The van der Waals surface area contributed by atoms with Crippen LogP contribution in [0.4, 0.5) is 0 Å². The fraction of sp³-hybridized carbons (Fsp3) is 0.778. The molecule has 0 aromatic rings. The van der Waals surface area contributed by atoms with Crippen molar-refractivity contribution >= 4 is 62.4 Å². The first-order chi connectivity index (χ1) is 29.1. The summed E-state index contributed by atoms with van der Waals surface area (Å²) in [4.78, 5) is 0. The van der Waals surface area contributed by atoms with Crippen LogP contribution in [0.1, 0.15) is 123 Å². The molecule has 24 nitrogen and oxygen atoms in total. The van der Waals surface area contributed by atoms with Gasteiger partial charge in [0.2, 0.25) is 0 Å². The summed E-state index contributed by atoms with van der Waals surface area (Å²) in [5.41, 5.74) is 1.33. The van der Waals surface area contributed by atoms with Crippen LogP contribution in [0.3, 0.4) is 0 Å². The maximum Gasteiger partial charge on any atom is 0.399 e. The highest BCUT2D eigenvalue weighted by Crippen LogP contribution is 2.20. The van der Waals surface area contributed by atoms with Gasteiger partial charge < -0.3 is 0 Å². The molecule has 0 saturated heterocycles. The van der Waals surface area contributed by atoms with E-state index in [1.165, 1.54) is 19.4 Å². The van der Waals surface area contributed by atoms with E-state index < -0.39 is 62.4 Å². The number of hydrogen-bond acceptors (Lipinski definition) is 19. The molecular formula is C36H84O24S6. The van der Waals surface area contributed by atoms with Gasteiger partial charge in [-0.1, -0.05) is 67.9 Å². The molecule has 0 aliphatic rings. The molecule has 0 bridgehead atoms. The van der Waals surface area contributed by atoms with E-state index >= 15 is 0 Å². The lowest BCUT2D eigenvalue weighted by Gasteiger charge is -2.17. The van der Waals surface area contributed by atoms with E-state index in [-0.39, 0.29) is 62.5 Å². The zero-order valence-electron chi connectivity index (χ0n) is 41.5. The highest BCUT2D eigenvalue weighted by molar-refractivity contribution is 7.82. The second kappa shape index (κ2) is 46.9. The van der Waals surface area contributed by atoms with Gasteiger partial charge in [0.1, 0.15) is 0 Å². The van der Waals surface area contributed by atoms with Crippen molar-refractivity contribution in [2.24, 2.45) is 16.2 Å². The summed E-state index contributed by atoms with van der Waals surface area (Å²) < 4.78 is 187. The van der Waals surface area contributed by atoms with E-state index in [9.17, 15) is 42.1 Å². The van der Waals surface area contributed by atoms with Gasteiger partial charge in [-0.2, -0.15) is 50.5 Å². The van der Waals surface area contributed by atoms with E-state index in [2.05, 4.69) is 75.3 Å². The lowest BCUT2D eigenvalue weighted by molar-refractivity contribution is 0.194. The van der Waals surface area contributed by atoms with Crippen LogP contribution < -0.4 is 0 Å². The van der Waals surface area contributed by atoms with Gasteiger partial charge in [0.05, 0.1) is 46.2 Å². The topological polar surface area (TPSA) is 371 Å². The Morgan fingerprint density at radius 2 is 0.530 bits per heavy atom. The molecule has 0 fully saturated rings. The van der Waals surface area contributed by atoms with Crippen molar-refractivity contribution in [1.29, 1.82) is 0 Å². The van der Waals surface area contributed by atoms with Gasteiger partial charge >= 0.3 is 62.4 Å². The van der Waals surface area contributed by atoms with Crippen LogP contribution in [0.15, 0.2) is 51.6 Å². The average molecular weight is 1090 g/mol. The van der Waals surface area contributed by atoms with Gasteiger partial charge in [-0.25, -0.2) is 29.3 Å². The minimum absolute atomic E-state index is 0.0185. The predicted octanol–water partition coefficient (Wildman–Crippen LogP) is 7.67. The van der Waals surface area contributed by atoms with Gasteiger partial charge in [-0.3, -0.25) is 22.8 Å². The van der Waals surface area contributed by atoms with Gasteiger partial charge in [-0.05, 0) is 77.0 Å². The third-order valence-corrected chi connectivity index (χ3v) is 7.79. The number of allylic oxidation sites excluding steroid dienone is 1. The maximum absolute atomic E-state index is 10.9. The fourth-order valence-corrected chi connectivity index (χ4v) is 4.19. The Bertz CT molecular complexity index is 1690. The van der Waals surface area contributed by atoms with Crippen molar-refractivity contribution in [3.63, 3.8) is 0 Å². The number of hydrogen-bond donors (Lipinski definition) is 5. The maximum atomic E-state index is 10.9. The third-order valence-electron chi connectivity index (χ3n) is 4.30. The van der Waals surface area contributed by atoms with E-state index in [1.54, 1.807) is 13.8 Å². The minimum Gasteiger partial charge on any atom is -0.264 e. The predicted molar refractivity (Wildman–Crippen MR) is 257 cm³/mol. The van der Waals surface area contributed by atoms with E-state index in [1.807, 2.05) is 76.2 Å². The van der Waals surface area contributed by atoms with E-state index in [0.29, 0.717) is 19.3 Å². The fourth-order valence-electron chi connectivity index (χ4n) is 2.01. The molecule has 0 amide bonds. The van der Waals surface area contributed by atoms with Crippen molar-refractivity contribution in [3.05, 3.63) is 51.6 Å². The molecule has 30 heteroatoms. The molecule has 0 aliphatic heterocycles. The Labute approximate surface area is 400 Å². The lowest BCUT2D eigenvalue weighted by Crippen LogP contribution is -2.15. The highest BCUT2D eigenvalue weighted by Gasteiger charge is 2.16. The van der Waals surface area contributed by atoms with Crippen LogP contribution in [0.5, 0.6) is 0 Å². The normalized spacial score (nSPS) is 11.4. The molecule has 0 saturated carbocycles. The molecule has 0 unspecified atom stereocenters. The van der Waals surface area contributed by atoms with Gasteiger partial charge in [0, 0.05) is 0 Å². The zero-order valence-corrected chi connectivity index (χ0v) is 46.4. The minimum atomic E-state index is -4.67. The van der Waals surface area contributed by atoms with E-state index in [4.69, 9.17) is 31.2 Å². The summed E-state index contributed by atoms with van der Waals surface area (Å²) in [6, 6.07) is 0. The molecule has 0 heterocycles. The second-order valence-corrected chi connectivity index (χ2v) is 21.5. The third kappa shape index (κ3) is 160. The van der Waals surface area contributed by atoms with Crippen molar-refractivity contribution in [2.75, 3.05) is 46.2 Å². The Hall–Kier alpha value is -1.82. The van der Waals surface area contributed by atoms with Crippen molar-refractivity contribution in [1.82, 2.24) is 0 Å². The quantitative estimate of drug-likeness (QED) is 0.0688. The first-order valence-corrected chi connectivity index (χ1v) is 27.0. The molecule has 66 heavy (non-hydrogen) atoms. The molecule has 5 N–H and O–H groups in total. The first-order valence-electron chi connectivity index (χ1n) is 18.8. The summed E-state index contributed by atoms with van der Waals surface area (Å²) in [7, 11) is -24.8. The van der Waals surface area contributed by atoms with Gasteiger partial charge in [0.25, 0.3) is 0 Å². The molecule has 0 radical (unpaired) electrons. The number of rotatable bonds is 17. The summed E-state index contributed by atoms with van der Waals surface area (Å²) in [5.74, 6) is 0. The molecule has 0 spiro atoms. The van der Waals surface area contributed by atoms with Gasteiger partial charge in [0.15, 0.2) is 0 Å².